The Morgan fingerprint density at radius 1 is 1.24 bits per heavy atom. The van der Waals surface area contributed by atoms with Crippen LogP contribution in [0.1, 0.15) is 24.0 Å². The number of carbonyl (C=O) groups excluding carboxylic acids is 2. The van der Waals surface area contributed by atoms with Gasteiger partial charge >= 0.3 is 6.03 Å². The van der Waals surface area contributed by atoms with Crippen molar-refractivity contribution in [2.75, 3.05) is 39.8 Å². The number of hydrogen-bond acceptors (Lipinski definition) is 4. The van der Waals surface area contributed by atoms with E-state index in [1.807, 2.05) is 0 Å². The molecule has 1 aromatic carbocycles. The van der Waals surface area contributed by atoms with Crippen molar-refractivity contribution in [1.29, 1.82) is 0 Å². The normalized spacial score (nSPS) is 18.4. The molecule has 0 spiro atoms. The van der Waals surface area contributed by atoms with Crippen LogP contribution in [0.4, 0.5) is 4.79 Å². The van der Waals surface area contributed by atoms with Gasteiger partial charge in [-0.3, -0.25) is 19.6 Å². The smallest absolute Gasteiger partial charge is 0.324 e. The Kier molecular flexibility index (Phi) is 9.15. The van der Waals surface area contributed by atoms with Gasteiger partial charge in [0.1, 0.15) is 0 Å². The molecule has 2 aliphatic rings. The minimum Gasteiger partial charge on any atom is -0.355 e. The lowest BCUT2D eigenvalue weighted by Gasteiger charge is -2.33. The molecule has 2 heterocycles. The van der Waals surface area contributed by atoms with Gasteiger partial charge in [0, 0.05) is 45.8 Å². The standard InChI is InChI=1S/C20H30N6O2.HI/c1-15-5-3-4-6-16(15)14-25-10-7-17(8-11-25)24-19(21-2)22-9-12-26-18(27)13-23-20(26)28;/h3-6,17H,7-14H2,1-2H3,(H,23,28)(H2,21,22,24);1H. The predicted octanol–water partition coefficient (Wildman–Crippen LogP) is 1.29. The lowest BCUT2D eigenvalue weighted by atomic mass is 10.0. The molecule has 0 saturated carbocycles. The molecular formula is C20H31IN6O2. The summed E-state index contributed by atoms with van der Waals surface area (Å²) in [5, 5.41) is 9.17. The van der Waals surface area contributed by atoms with Crippen LogP contribution in [0.25, 0.3) is 0 Å². The third kappa shape index (κ3) is 6.56. The highest BCUT2D eigenvalue weighted by molar-refractivity contribution is 14.0. The summed E-state index contributed by atoms with van der Waals surface area (Å²) < 4.78 is 0. The zero-order chi connectivity index (χ0) is 19.9. The Morgan fingerprint density at radius 2 is 1.97 bits per heavy atom. The number of halogens is 1. The Bertz CT molecular complexity index is 717. The molecule has 0 aromatic heterocycles. The average Bonchev–Trinajstić information content (AvgIpc) is 3.02. The molecule has 0 aliphatic carbocycles. The first kappa shape index (κ1) is 23.4. The van der Waals surface area contributed by atoms with E-state index in [-0.39, 0.29) is 42.5 Å². The topological polar surface area (TPSA) is 89.1 Å². The van der Waals surface area contributed by atoms with Crippen LogP contribution in [-0.4, -0.2) is 73.5 Å². The first-order chi connectivity index (χ1) is 13.6. The van der Waals surface area contributed by atoms with Gasteiger partial charge < -0.3 is 16.0 Å². The molecule has 160 valence electrons. The van der Waals surface area contributed by atoms with Crippen molar-refractivity contribution in [3.05, 3.63) is 35.4 Å². The first-order valence-electron chi connectivity index (χ1n) is 9.89. The zero-order valence-electron chi connectivity index (χ0n) is 17.1. The van der Waals surface area contributed by atoms with Crippen molar-refractivity contribution in [3.8, 4) is 0 Å². The number of nitrogens with one attached hydrogen (secondary N) is 3. The molecule has 2 saturated heterocycles. The number of guanidine groups is 1. The molecule has 3 N–H and O–H groups in total. The van der Waals surface area contributed by atoms with Crippen LogP contribution in [0.3, 0.4) is 0 Å². The van der Waals surface area contributed by atoms with Crippen LogP contribution in [0.5, 0.6) is 0 Å². The molecule has 9 heteroatoms. The fourth-order valence-corrected chi connectivity index (χ4v) is 3.62. The summed E-state index contributed by atoms with van der Waals surface area (Å²) in [6.07, 6.45) is 2.11. The quantitative estimate of drug-likeness (QED) is 0.231. The molecule has 0 bridgehead atoms. The maximum Gasteiger partial charge on any atom is 0.324 e. The minimum absolute atomic E-state index is 0. The van der Waals surface area contributed by atoms with Gasteiger partial charge in [0.15, 0.2) is 5.96 Å². The molecule has 2 fully saturated rings. The highest BCUT2D eigenvalue weighted by Crippen LogP contribution is 2.16. The Labute approximate surface area is 189 Å². The number of aryl methyl sites for hydroxylation is 1. The van der Waals surface area contributed by atoms with E-state index in [9.17, 15) is 9.59 Å². The molecule has 1 aromatic rings. The van der Waals surface area contributed by atoms with Crippen molar-refractivity contribution in [2.24, 2.45) is 4.99 Å². The molecule has 8 nitrogen and oxygen atoms in total. The number of piperidine rings is 1. The van der Waals surface area contributed by atoms with Crippen LogP contribution in [-0.2, 0) is 11.3 Å². The van der Waals surface area contributed by atoms with Crippen LogP contribution >= 0.6 is 24.0 Å². The summed E-state index contributed by atoms with van der Waals surface area (Å²) in [6, 6.07) is 8.60. The number of hydrogen-bond donors (Lipinski definition) is 3. The van der Waals surface area contributed by atoms with Crippen molar-refractivity contribution in [2.45, 2.75) is 32.4 Å². The van der Waals surface area contributed by atoms with Gasteiger partial charge in [0.05, 0.1) is 6.54 Å². The predicted molar refractivity (Wildman–Crippen MR) is 125 cm³/mol. The van der Waals surface area contributed by atoms with Gasteiger partial charge in [-0.15, -0.1) is 24.0 Å². The number of carbonyl (C=O) groups is 2. The van der Waals surface area contributed by atoms with Crippen LogP contribution < -0.4 is 16.0 Å². The van der Waals surface area contributed by atoms with Gasteiger partial charge in [0.25, 0.3) is 0 Å². The molecule has 3 rings (SSSR count). The third-order valence-corrected chi connectivity index (χ3v) is 5.37. The summed E-state index contributed by atoms with van der Waals surface area (Å²) in [6.45, 7) is 6.16. The number of rotatable bonds is 6. The Balaban J connectivity index is 0.00000300. The Morgan fingerprint density at radius 3 is 2.59 bits per heavy atom. The van der Waals surface area contributed by atoms with E-state index in [1.165, 1.54) is 16.0 Å². The van der Waals surface area contributed by atoms with E-state index in [4.69, 9.17) is 0 Å². The van der Waals surface area contributed by atoms with Gasteiger partial charge in [-0.1, -0.05) is 24.3 Å². The number of aliphatic imine (C=N–C) groups is 1. The zero-order valence-corrected chi connectivity index (χ0v) is 19.4. The van der Waals surface area contributed by atoms with Crippen LogP contribution in [0.15, 0.2) is 29.3 Å². The van der Waals surface area contributed by atoms with E-state index in [1.54, 1.807) is 7.05 Å². The molecule has 0 atom stereocenters. The van der Waals surface area contributed by atoms with Gasteiger partial charge in [-0.25, -0.2) is 4.79 Å². The van der Waals surface area contributed by atoms with Gasteiger partial charge in [-0.2, -0.15) is 0 Å². The van der Waals surface area contributed by atoms with Crippen molar-refractivity contribution in [3.63, 3.8) is 0 Å². The largest absolute Gasteiger partial charge is 0.355 e. The molecule has 3 amide bonds. The molecule has 0 radical (unpaired) electrons. The lowest BCUT2D eigenvalue weighted by Crippen LogP contribution is -2.50. The molecule has 2 aliphatic heterocycles. The van der Waals surface area contributed by atoms with Crippen molar-refractivity contribution in [1.82, 2.24) is 25.8 Å². The van der Waals surface area contributed by atoms with E-state index in [0.29, 0.717) is 25.1 Å². The van der Waals surface area contributed by atoms with E-state index >= 15 is 0 Å². The summed E-state index contributed by atoms with van der Waals surface area (Å²) in [5.41, 5.74) is 2.74. The molecule has 29 heavy (non-hydrogen) atoms. The third-order valence-electron chi connectivity index (χ3n) is 5.37. The molecule has 0 unspecified atom stereocenters. The van der Waals surface area contributed by atoms with Gasteiger partial charge in [0.2, 0.25) is 5.91 Å². The maximum absolute atomic E-state index is 11.6. The first-order valence-corrected chi connectivity index (χ1v) is 9.89. The monoisotopic (exact) mass is 514 g/mol. The second-order valence-corrected chi connectivity index (χ2v) is 7.32. The van der Waals surface area contributed by atoms with Gasteiger partial charge in [-0.05, 0) is 30.9 Å². The number of benzene rings is 1. The average molecular weight is 514 g/mol. The maximum atomic E-state index is 11.6. The Hall–Kier alpha value is -1.88. The number of imide groups is 1. The summed E-state index contributed by atoms with van der Waals surface area (Å²) in [4.78, 5) is 31.1. The van der Waals surface area contributed by atoms with E-state index in [2.05, 4.69) is 57.0 Å². The fourth-order valence-electron chi connectivity index (χ4n) is 3.62. The highest BCUT2D eigenvalue weighted by atomic mass is 127. The number of nitrogens with zero attached hydrogens (tertiary/aromatic N) is 3. The summed E-state index contributed by atoms with van der Waals surface area (Å²) in [7, 11) is 1.73. The number of urea groups is 1. The lowest BCUT2D eigenvalue weighted by molar-refractivity contribution is -0.124. The summed E-state index contributed by atoms with van der Waals surface area (Å²) >= 11 is 0. The number of likely N-dealkylation sites (tertiary alicyclic amines) is 1. The van der Waals surface area contributed by atoms with Crippen molar-refractivity contribution >= 4 is 41.9 Å². The highest BCUT2D eigenvalue weighted by Gasteiger charge is 2.27. The van der Waals surface area contributed by atoms with E-state index in [0.717, 1.165) is 32.5 Å². The second kappa shape index (κ2) is 11.3. The summed E-state index contributed by atoms with van der Waals surface area (Å²) in [5.74, 6) is 0.528. The fraction of sp³-hybridized carbons (Fsp3) is 0.550. The van der Waals surface area contributed by atoms with Crippen LogP contribution in [0.2, 0.25) is 0 Å². The number of amides is 3. The van der Waals surface area contributed by atoms with E-state index < -0.39 is 0 Å². The second-order valence-electron chi connectivity index (χ2n) is 7.32. The SMILES string of the molecule is CN=C(NCCN1C(=O)CNC1=O)NC1CCN(Cc2ccccc2C)CC1.I. The molecular weight excluding hydrogens is 483 g/mol. The van der Waals surface area contributed by atoms with Crippen molar-refractivity contribution < 1.29 is 9.59 Å². The minimum atomic E-state index is -0.323. The van der Waals surface area contributed by atoms with Crippen LogP contribution in [0, 0.1) is 6.92 Å².